The van der Waals surface area contributed by atoms with Crippen molar-refractivity contribution < 1.29 is 0 Å². The van der Waals surface area contributed by atoms with E-state index in [-0.39, 0.29) is 0 Å². The maximum Gasteiger partial charge on any atom is 0.0495 e. The SMILES string of the molecule is c1ccc(N(c2ccccc2)c2ccc3c(c2)c2cc(N(c4ccccc4)c4ccccc4)ccc2n3C2CCC2)cc1. The second kappa shape index (κ2) is 10.8. The molecule has 0 spiro atoms. The van der Waals surface area contributed by atoms with Gasteiger partial charge in [0.1, 0.15) is 0 Å². The van der Waals surface area contributed by atoms with E-state index in [0.717, 1.165) is 34.1 Å². The fourth-order valence-electron chi connectivity index (χ4n) is 6.55. The van der Waals surface area contributed by atoms with Crippen molar-refractivity contribution in [3.63, 3.8) is 0 Å². The van der Waals surface area contributed by atoms with E-state index in [1.165, 1.54) is 41.1 Å². The van der Waals surface area contributed by atoms with Gasteiger partial charge in [-0.1, -0.05) is 72.8 Å². The molecular weight excluding hydrogens is 522 g/mol. The third-order valence-electron chi connectivity index (χ3n) is 8.78. The van der Waals surface area contributed by atoms with E-state index >= 15 is 0 Å². The zero-order chi connectivity index (χ0) is 28.6. The van der Waals surface area contributed by atoms with Gasteiger partial charge in [0.2, 0.25) is 0 Å². The van der Waals surface area contributed by atoms with E-state index < -0.39 is 0 Å². The highest BCUT2D eigenvalue weighted by molar-refractivity contribution is 6.11. The van der Waals surface area contributed by atoms with Crippen molar-refractivity contribution in [3.8, 4) is 0 Å². The molecule has 6 aromatic carbocycles. The topological polar surface area (TPSA) is 11.4 Å². The van der Waals surface area contributed by atoms with Gasteiger partial charge in [-0.25, -0.2) is 0 Å². The summed E-state index contributed by atoms with van der Waals surface area (Å²) in [6, 6.07) is 57.3. The molecule has 0 amide bonds. The Hall–Kier alpha value is -5.28. The molecule has 0 atom stereocenters. The fraction of sp³-hybridized carbons (Fsp3) is 0.100. The van der Waals surface area contributed by atoms with Crippen LogP contribution >= 0.6 is 0 Å². The molecule has 0 bridgehead atoms. The molecule has 1 aromatic heterocycles. The Morgan fingerprint density at radius 1 is 0.395 bits per heavy atom. The van der Waals surface area contributed by atoms with Crippen LogP contribution in [0.15, 0.2) is 158 Å². The molecule has 1 aliphatic carbocycles. The molecule has 0 N–H and O–H groups in total. The first kappa shape index (κ1) is 25.4. The smallest absolute Gasteiger partial charge is 0.0495 e. The van der Waals surface area contributed by atoms with E-state index in [9.17, 15) is 0 Å². The average Bonchev–Trinajstić information content (AvgIpc) is 3.35. The summed E-state index contributed by atoms with van der Waals surface area (Å²) in [6.07, 6.45) is 3.78. The zero-order valence-corrected chi connectivity index (χ0v) is 24.1. The van der Waals surface area contributed by atoms with Gasteiger partial charge in [-0.2, -0.15) is 0 Å². The Balaban J connectivity index is 1.36. The predicted molar refractivity (Wildman–Crippen MR) is 182 cm³/mol. The summed E-state index contributed by atoms with van der Waals surface area (Å²) >= 11 is 0. The number of hydrogen-bond donors (Lipinski definition) is 0. The van der Waals surface area contributed by atoms with Gasteiger partial charge in [-0.05, 0) is 104 Å². The second-order valence-corrected chi connectivity index (χ2v) is 11.4. The molecule has 43 heavy (non-hydrogen) atoms. The normalized spacial score (nSPS) is 13.2. The number of rotatable bonds is 7. The number of nitrogens with zero attached hydrogens (tertiary/aromatic N) is 3. The second-order valence-electron chi connectivity index (χ2n) is 11.4. The first-order valence-corrected chi connectivity index (χ1v) is 15.2. The maximum atomic E-state index is 2.60. The highest BCUT2D eigenvalue weighted by atomic mass is 15.1. The third-order valence-corrected chi connectivity index (χ3v) is 8.78. The predicted octanol–water partition coefficient (Wildman–Crippen LogP) is 11.5. The van der Waals surface area contributed by atoms with Gasteiger partial charge in [-0.15, -0.1) is 0 Å². The third kappa shape index (κ3) is 4.54. The molecule has 3 nitrogen and oxygen atoms in total. The Kier molecular flexibility index (Phi) is 6.42. The average molecular weight is 556 g/mol. The summed E-state index contributed by atoms with van der Waals surface area (Å²) in [7, 11) is 0. The molecule has 7 aromatic rings. The lowest BCUT2D eigenvalue weighted by atomic mass is 9.92. The van der Waals surface area contributed by atoms with Crippen LogP contribution in [0.4, 0.5) is 34.1 Å². The van der Waals surface area contributed by atoms with Crippen molar-refractivity contribution in [3.05, 3.63) is 158 Å². The van der Waals surface area contributed by atoms with E-state index in [1.54, 1.807) is 0 Å². The Bertz CT molecular complexity index is 1770. The minimum atomic E-state index is 0.551. The monoisotopic (exact) mass is 555 g/mol. The molecule has 1 heterocycles. The van der Waals surface area contributed by atoms with Gasteiger partial charge in [0, 0.05) is 62.0 Å². The number of para-hydroxylation sites is 4. The number of hydrogen-bond acceptors (Lipinski definition) is 2. The quantitative estimate of drug-likeness (QED) is 0.194. The highest BCUT2D eigenvalue weighted by Crippen LogP contribution is 2.45. The summed E-state index contributed by atoms with van der Waals surface area (Å²) in [4.78, 5) is 4.71. The summed E-state index contributed by atoms with van der Waals surface area (Å²) in [5.74, 6) is 0. The standard InChI is InChI=1S/C40H33N3/c1-5-14-30(15-6-1)41(31-16-7-2-8-17-31)35-24-26-39-37(28-35)38-29-36(25-27-40(38)43(39)34-22-13-23-34)42(32-18-9-3-10-19-32)33-20-11-4-12-21-33/h1-12,14-21,24-29,34H,13,22-23H2. The molecule has 3 heteroatoms. The molecule has 0 aliphatic heterocycles. The molecule has 0 radical (unpaired) electrons. The molecule has 1 fully saturated rings. The van der Waals surface area contributed by atoms with Gasteiger partial charge >= 0.3 is 0 Å². The first-order valence-electron chi connectivity index (χ1n) is 15.2. The largest absolute Gasteiger partial charge is 0.337 e. The van der Waals surface area contributed by atoms with Gasteiger partial charge < -0.3 is 14.4 Å². The maximum absolute atomic E-state index is 2.60. The number of aromatic nitrogens is 1. The van der Waals surface area contributed by atoms with Crippen molar-refractivity contribution in [1.82, 2.24) is 4.57 Å². The van der Waals surface area contributed by atoms with E-state index in [0.29, 0.717) is 6.04 Å². The van der Waals surface area contributed by atoms with E-state index in [1.807, 2.05) is 0 Å². The summed E-state index contributed by atoms with van der Waals surface area (Å²) in [6.45, 7) is 0. The number of anilines is 6. The van der Waals surface area contributed by atoms with Crippen molar-refractivity contribution in [2.24, 2.45) is 0 Å². The molecule has 0 unspecified atom stereocenters. The van der Waals surface area contributed by atoms with Crippen LogP contribution < -0.4 is 9.80 Å². The molecule has 1 saturated carbocycles. The molecule has 208 valence electrons. The molecule has 8 rings (SSSR count). The van der Waals surface area contributed by atoms with Gasteiger partial charge in [-0.3, -0.25) is 0 Å². The van der Waals surface area contributed by atoms with Crippen LogP contribution in [0, 0.1) is 0 Å². The Labute approximate surface area is 252 Å². The minimum Gasteiger partial charge on any atom is -0.337 e. The summed E-state index contributed by atoms with van der Waals surface area (Å²) < 4.78 is 2.60. The zero-order valence-electron chi connectivity index (χ0n) is 24.1. The first-order chi connectivity index (χ1) is 21.3. The number of benzene rings is 6. The number of fused-ring (bicyclic) bond motifs is 3. The van der Waals surface area contributed by atoms with Gasteiger partial charge in [0.15, 0.2) is 0 Å². The van der Waals surface area contributed by atoms with E-state index in [2.05, 4.69) is 172 Å². The fourth-order valence-corrected chi connectivity index (χ4v) is 6.55. The van der Waals surface area contributed by atoms with Crippen molar-refractivity contribution >= 4 is 55.9 Å². The van der Waals surface area contributed by atoms with Crippen LogP contribution in [0.25, 0.3) is 21.8 Å². The van der Waals surface area contributed by atoms with Crippen LogP contribution in [-0.2, 0) is 0 Å². The van der Waals surface area contributed by atoms with Gasteiger partial charge in [0.05, 0.1) is 0 Å². The van der Waals surface area contributed by atoms with Crippen molar-refractivity contribution in [1.29, 1.82) is 0 Å². The lowest BCUT2D eigenvalue weighted by Crippen LogP contribution is -2.16. The highest BCUT2D eigenvalue weighted by Gasteiger charge is 2.25. The Morgan fingerprint density at radius 3 is 1.05 bits per heavy atom. The molecular formula is C40H33N3. The lowest BCUT2D eigenvalue weighted by Gasteiger charge is -2.29. The van der Waals surface area contributed by atoms with Crippen LogP contribution in [0.5, 0.6) is 0 Å². The van der Waals surface area contributed by atoms with Crippen molar-refractivity contribution in [2.75, 3.05) is 9.80 Å². The van der Waals surface area contributed by atoms with Gasteiger partial charge in [0.25, 0.3) is 0 Å². The minimum absolute atomic E-state index is 0.551. The molecule has 0 saturated heterocycles. The van der Waals surface area contributed by atoms with Crippen LogP contribution in [0.2, 0.25) is 0 Å². The van der Waals surface area contributed by atoms with Crippen LogP contribution in [0.1, 0.15) is 25.3 Å². The summed E-state index contributed by atoms with van der Waals surface area (Å²) in [5, 5.41) is 2.58. The molecule has 1 aliphatic rings. The summed E-state index contributed by atoms with van der Waals surface area (Å²) in [5.41, 5.74) is 9.54. The van der Waals surface area contributed by atoms with E-state index in [4.69, 9.17) is 0 Å². The Morgan fingerprint density at radius 2 is 0.744 bits per heavy atom. The van der Waals surface area contributed by atoms with Crippen LogP contribution in [-0.4, -0.2) is 4.57 Å². The lowest BCUT2D eigenvalue weighted by molar-refractivity contribution is 0.328. The van der Waals surface area contributed by atoms with Crippen LogP contribution in [0.3, 0.4) is 0 Å². The van der Waals surface area contributed by atoms with Crippen molar-refractivity contribution in [2.45, 2.75) is 25.3 Å².